The van der Waals surface area contributed by atoms with Gasteiger partial charge in [0.1, 0.15) is 10.9 Å². The Morgan fingerprint density at radius 2 is 1.80 bits per heavy atom. The molecule has 2 heterocycles. The summed E-state index contributed by atoms with van der Waals surface area (Å²) in [7, 11) is 0. The van der Waals surface area contributed by atoms with Gasteiger partial charge in [-0.15, -0.1) is 11.3 Å². The number of likely N-dealkylation sites (tertiary alicyclic amines) is 1. The number of carboxylic acids is 1. The monoisotopic (exact) mass is 500 g/mol. The lowest BCUT2D eigenvalue weighted by atomic mass is 9.82. The summed E-state index contributed by atoms with van der Waals surface area (Å²) in [5.41, 5.74) is 0.815. The highest BCUT2D eigenvalue weighted by Gasteiger charge is 2.41. The molecule has 1 atom stereocenters. The molecule has 1 aromatic rings. The SMILES string of the molecule is CCN1CCCCC(N(C(=O)C2CCC(C)CC2)c2c(C(=O)O)sc(C#CC(C)(C)C)c2C)C1=O. The molecule has 2 aliphatic rings. The highest BCUT2D eigenvalue weighted by Crippen LogP contribution is 2.40. The second-order valence-corrected chi connectivity index (χ2v) is 12.2. The third kappa shape index (κ3) is 6.27. The van der Waals surface area contributed by atoms with Crippen LogP contribution in [0.4, 0.5) is 5.69 Å². The highest BCUT2D eigenvalue weighted by atomic mass is 32.1. The lowest BCUT2D eigenvalue weighted by Crippen LogP contribution is -2.52. The summed E-state index contributed by atoms with van der Waals surface area (Å²) in [6.07, 6.45) is 5.74. The van der Waals surface area contributed by atoms with E-state index >= 15 is 0 Å². The van der Waals surface area contributed by atoms with Crippen LogP contribution < -0.4 is 4.90 Å². The minimum atomic E-state index is -1.08. The molecular formula is C28H40N2O4S. The van der Waals surface area contributed by atoms with Crippen LogP contribution in [0, 0.1) is 36.0 Å². The summed E-state index contributed by atoms with van der Waals surface area (Å²) >= 11 is 1.11. The van der Waals surface area contributed by atoms with E-state index in [2.05, 4.69) is 18.8 Å². The van der Waals surface area contributed by atoms with E-state index in [9.17, 15) is 19.5 Å². The molecule has 1 saturated carbocycles. The zero-order chi connectivity index (χ0) is 25.9. The number of nitrogens with zero attached hydrogens (tertiary/aromatic N) is 2. The van der Waals surface area contributed by atoms with Gasteiger partial charge in [-0.2, -0.15) is 0 Å². The molecule has 7 heteroatoms. The summed E-state index contributed by atoms with van der Waals surface area (Å²) in [6.45, 7) is 13.3. The average Bonchev–Trinajstić information content (AvgIpc) is 3.00. The quantitative estimate of drug-likeness (QED) is 0.525. The maximum Gasteiger partial charge on any atom is 0.348 e. The lowest BCUT2D eigenvalue weighted by Gasteiger charge is -2.37. The molecule has 1 aliphatic carbocycles. The molecule has 1 aliphatic heterocycles. The average molecular weight is 501 g/mol. The van der Waals surface area contributed by atoms with Crippen LogP contribution in [0.3, 0.4) is 0 Å². The van der Waals surface area contributed by atoms with E-state index in [1.165, 1.54) is 0 Å². The van der Waals surface area contributed by atoms with E-state index in [-0.39, 0.29) is 28.0 Å². The van der Waals surface area contributed by atoms with Crippen molar-refractivity contribution in [1.82, 2.24) is 4.90 Å². The van der Waals surface area contributed by atoms with Crippen LogP contribution in [0.2, 0.25) is 0 Å². The lowest BCUT2D eigenvalue weighted by molar-refractivity contribution is -0.135. The van der Waals surface area contributed by atoms with Gasteiger partial charge in [-0.1, -0.05) is 18.8 Å². The van der Waals surface area contributed by atoms with Crippen molar-refractivity contribution in [3.63, 3.8) is 0 Å². The number of carbonyl (C=O) groups is 3. The summed E-state index contributed by atoms with van der Waals surface area (Å²) in [4.78, 5) is 44.4. The number of rotatable bonds is 5. The molecule has 35 heavy (non-hydrogen) atoms. The molecule has 1 unspecified atom stereocenters. The van der Waals surface area contributed by atoms with Crippen molar-refractivity contribution >= 4 is 34.8 Å². The molecular weight excluding hydrogens is 460 g/mol. The summed E-state index contributed by atoms with van der Waals surface area (Å²) in [6, 6.07) is -0.681. The van der Waals surface area contributed by atoms with Crippen molar-refractivity contribution in [2.24, 2.45) is 17.3 Å². The first-order valence-corrected chi connectivity index (χ1v) is 13.8. The van der Waals surface area contributed by atoms with Crippen LogP contribution in [0.25, 0.3) is 0 Å². The first-order chi connectivity index (χ1) is 16.4. The maximum absolute atomic E-state index is 14.1. The number of anilines is 1. The number of hydrogen-bond donors (Lipinski definition) is 1. The minimum Gasteiger partial charge on any atom is -0.477 e. The van der Waals surface area contributed by atoms with Crippen molar-refractivity contribution in [2.45, 2.75) is 92.5 Å². The molecule has 192 valence electrons. The Balaban J connectivity index is 2.17. The van der Waals surface area contributed by atoms with E-state index in [4.69, 9.17) is 0 Å². The van der Waals surface area contributed by atoms with E-state index in [0.29, 0.717) is 41.6 Å². The van der Waals surface area contributed by atoms with Gasteiger partial charge >= 0.3 is 5.97 Å². The van der Waals surface area contributed by atoms with Gasteiger partial charge in [0, 0.05) is 30.0 Å². The number of amides is 2. The molecule has 1 N–H and O–H groups in total. The van der Waals surface area contributed by atoms with Crippen molar-refractivity contribution in [2.75, 3.05) is 18.0 Å². The Labute approximate surface area is 214 Å². The van der Waals surface area contributed by atoms with Crippen molar-refractivity contribution in [1.29, 1.82) is 0 Å². The van der Waals surface area contributed by atoms with E-state index in [1.807, 2.05) is 39.5 Å². The Hall–Kier alpha value is -2.33. The van der Waals surface area contributed by atoms with Gasteiger partial charge in [0.25, 0.3) is 0 Å². The molecule has 2 fully saturated rings. The van der Waals surface area contributed by atoms with Crippen LogP contribution >= 0.6 is 11.3 Å². The Kier molecular flexibility index (Phi) is 8.69. The molecule has 0 spiro atoms. The number of thiophene rings is 1. The van der Waals surface area contributed by atoms with Crippen LogP contribution in [0.5, 0.6) is 0 Å². The maximum atomic E-state index is 14.1. The number of carboxylic acid groups (broad SMARTS) is 1. The van der Waals surface area contributed by atoms with Gasteiger partial charge in [-0.3, -0.25) is 14.5 Å². The van der Waals surface area contributed by atoms with Crippen LogP contribution in [0.15, 0.2) is 0 Å². The smallest absolute Gasteiger partial charge is 0.348 e. The minimum absolute atomic E-state index is 0.0770. The van der Waals surface area contributed by atoms with Gasteiger partial charge < -0.3 is 10.0 Å². The molecule has 1 saturated heterocycles. The van der Waals surface area contributed by atoms with Crippen molar-refractivity contribution in [3.8, 4) is 11.8 Å². The second kappa shape index (κ2) is 11.2. The summed E-state index contributed by atoms with van der Waals surface area (Å²) in [5.74, 6) is 5.49. The standard InChI is InChI=1S/C28H40N2O4S/c1-7-29-17-9-8-10-21(26(29)32)30(25(31)20-13-11-18(2)12-14-20)23-19(3)22(15-16-28(4,5)6)35-24(23)27(33)34/h18,20-21H,7-14,17H2,1-6H3,(H,33,34). The van der Waals surface area contributed by atoms with Crippen LogP contribution in [-0.4, -0.2) is 46.9 Å². The molecule has 0 aromatic carbocycles. The van der Waals surface area contributed by atoms with Gasteiger partial charge in [-0.05, 0) is 85.5 Å². The van der Waals surface area contributed by atoms with Crippen LogP contribution in [0.1, 0.15) is 99.7 Å². The summed E-state index contributed by atoms with van der Waals surface area (Å²) in [5, 5.41) is 10.2. The summed E-state index contributed by atoms with van der Waals surface area (Å²) < 4.78 is 0. The molecule has 1 aromatic heterocycles. The zero-order valence-corrected chi connectivity index (χ0v) is 22.9. The number of aromatic carboxylic acids is 1. The van der Waals surface area contributed by atoms with Crippen molar-refractivity contribution < 1.29 is 19.5 Å². The number of likely N-dealkylation sites (N-methyl/N-ethyl adjacent to an activating group) is 1. The fraction of sp³-hybridized carbons (Fsp3) is 0.679. The van der Waals surface area contributed by atoms with Gasteiger partial charge in [-0.25, -0.2) is 4.79 Å². The van der Waals surface area contributed by atoms with Gasteiger partial charge in [0.2, 0.25) is 11.8 Å². The third-order valence-electron chi connectivity index (χ3n) is 7.15. The van der Waals surface area contributed by atoms with Crippen molar-refractivity contribution in [3.05, 3.63) is 15.3 Å². The van der Waals surface area contributed by atoms with Crippen LogP contribution in [-0.2, 0) is 9.59 Å². The number of carbonyl (C=O) groups excluding carboxylic acids is 2. The normalized spacial score (nSPS) is 23.3. The predicted octanol–water partition coefficient (Wildman–Crippen LogP) is 5.71. The van der Waals surface area contributed by atoms with Gasteiger partial charge in [0.15, 0.2) is 0 Å². The number of hydrogen-bond acceptors (Lipinski definition) is 4. The second-order valence-electron chi connectivity index (χ2n) is 11.1. The zero-order valence-electron chi connectivity index (χ0n) is 22.1. The first kappa shape index (κ1) is 27.3. The molecule has 3 rings (SSSR count). The molecule has 6 nitrogen and oxygen atoms in total. The Morgan fingerprint density at radius 1 is 1.14 bits per heavy atom. The molecule has 0 bridgehead atoms. The first-order valence-electron chi connectivity index (χ1n) is 13.0. The van der Waals surface area contributed by atoms with Gasteiger partial charge in [0.05, 0.1) is 10.6 Å². The topological polar surface area (TPSA) is 77.9 Å². The van der Waals surface area contributed by atoms with E-state index in [0.717, 1.165) is 49.9 Å². The largest absolute Gasteiger partial charge is 0.477 e. The Morgan fingerprint density at radius 3 is 2.37 bits per heavy atom. The fourth-order valence-corrected chi connectivity index (χ4v) is 6.06. The highest BCUT2D eigenvalue weighted by molar-refractivity contribution is 7.15. The van der Waals surface area contributed by atoms with E-state index in [1.54, 1.807) is 4.90 Å². The van der Waals surface area contributed by atoms with E-state index < -0.39 is 12.0 Å². The third-order valence-corrected chi connectivity index (χ3v) is 8.33. The molecule has 0 radical (unpaired) electrons. The molecule has 2 amide bonds. The Bertz CT molecular complexity index is 1020. The fourth-order valence-electron chi connectivity index (χ4n) is 5.06. The predicted molar refractivity (Wildman–Crippen MR) is 141 cm³/mol.